The van der Waals surface area contributed by atoms with Crippen molar-refractivity contribution < 1.29 is 14.5 Å². The van der Waals surface area contributed by atoms with Gasteiger partial charge in [0.2, 0.25) is 5.82 Å². The Morgan fingerprint density at radius 3 is 2.66 bits per heavy atom. The summed E-state index contributed by atoms with van der Waals surface area (Å²) >= 11 is 0. The average Bonchev–Trinajstić information content (AvgIpc) is 3.12. The maximum Gasteiger partial charge on any atom is 0.414 e. The summed E-state index contributed by atoms with van der Waals surface area (Å²) in [6.45, 7) is 3.68. The third kappa shape index (κ3) is 4.32. The van der Waals surface area contributed by atoms with E-state index in [0.29, 0.717) is 0 Å². The number of amides is 1. The first-order chi connectivity index (χ1) is 13.9. The zero-order valence-corrected chi connectivity index (χ0v) is 16.0. The molecule has 3 aromatic rings. The molecule has 0 radical (unpaired) electrons. The highest BCUT2D eigenvalue weighted by molar-refractivity contribution is 5.93. The van der Waals surface area contributed by atoms with Gasteiger partial charge >= 0.3 is 11.8 Å². The van der Waals surface area contributed by atoms with Gasteiger partial charge in [-0.2, -0.15) is 5.10 Å². The molecular formula is C19H20N6O4. The van der Waals surface area contributed by atoms with E-state index in [1.54, 1.807) is 31.5 Å². The Morgan fingerprint density at radius 1 is 1.34 bits per heavy atom. The van der Waals surface area contributed by atoms with Crippen LogP contribution in [0.4, 0.5) is 22.0 Å². The Hall–Kier alpha value is -3.95. The Bertz CT molecular complexity index is 1030. The number of rotatable bonds is 6. The van der Waals surface area contributed by atoms with Crippen LogP contribution in [-0.2, 0) is 11.3 Å². The largest absolute Gasteiger partial charge is 0.449 e. The van der Waals surface area contributed by atoms with Gasteiger partial charge in [0, 0.05) is 12.3 Å². The van der Waals surface area contributed by atoms with Crippen LogP contribution in [0.5, 0.6) is 0 Å². The number of carbonyl (C=O) groups is 1. The monoisotopic (exact) mass is 396 g/mol. The van der Waals surface area contributed by atoms with E-state index in [4.69, 9.17) is 10.5 Å². The van der Waals surface area contributed by atoms with Gasteiger partial charge in [-0.3, -0.25) is 15.0 Å². The van der Waals surface area contributed by atoms with Gasteiger partial charge in [0.1, 0.15) is 5.69 Å². The van der Waals surface area contributed by atoms with Gasteiger partial charge in [-0.15, -0.1) is 0 Å². The standard InChI is InChI=1S/C19H20N6O4/c1-3-29-19(26)23(12-14-7-5-4-6-8-14)15-9-16(24-11-13(2)10-21-24)22-18(20)17(15)25(27)28/h4-11H,3,12H2,1-2H3,(H2,20,22). The maximum atomic E-state index is 12.7. The van der Waals surface area contributed by atoms with E-state index in [1.165, 1.54) is 15.6 Å². The Balaban J connectivity index is 2.17. The number of benzene rings is 1. The Labute approximate surface area is 166 Å². The van der Waals surface area contributed by atoms with Crippen LogP contribution in [0.1, 0.15) is 18.1 Å². The molecule has 1 amide bonds. The molecule has 2 heterocycles. The summed E-state index contributed by atoms with van der Waals surface area (Å²) in [5, 5.41) is 15.9. The molecule has 10 nitrogen and oxygen atoms in total. The number of pyridine rings is 1. The summed E-state index contributed by atoms with van der Waals surface area (Å²) in [6.07, 6.45) is 2.59. The molecule has 10 heteroatoms. The molecule has 29 heavy (non-hydrogen) atoms. The van der Waals surface area contributed by atoms with Crippen LogP contribution in [0.2, 0.25) is 0 Å². The lowest BCUT2D eigenvalue weighted by atomic mass is 10.2. The van der Waals surface area contributed by atoms with Crippen molar-refractivity contribution in [1.29, 1.82) is 0 Å². The van der Waals surface area contributed by atoms with Crippen molar-refractivity contribution in [3.8, 4) is 5.82 Å². The lowest BCUT2D eigenvalue weighted by Gasteiger charge is -2.22. The first kappa shape index (κ1) is 19.8. The SMILES string of the molecule is CCOC(=O)N(Cc1ccccc1)c1cc(-n2cc(C)cn2)nc(N)c1[N+](=O)[O-]. The highest BCUT2D eigenvalue weighted by atomic mass is 16.6. The molecule has 2 N–H and O–H groups in total. The second kappa shape index (κ2) is 8.38. The zero-order chi connectivity index (χ0) is 21.0. The molecule has 0 spiro atoms. The molecule has 150 valence electrons. The van der Waals surface area contributed by atoms with Gasteiger partial charge in [-0.25, -0.2) is 14.5 Å². The maximum absolute atomic E-state index is 12.7. The van der Waals surface area contributed by atoms with Crippen molar-refractivity contribution in [2.75, 3.05) is 17.2 Å². The summed E-state index contributed by atoms with van der Waals surface area (Å²) in [7, 11) is 0. The third-order valence-electron chi connectivity index (χ3n) is 4.08. The van der Waals surface area contributed by atoms with Crippen molar-refractivity contribution in [3.05, 3.63) is 70.0 Å². The van der Waals surface area contributed by atoms with Crippen LogP contribution in [0, 0.1) is 17.0 Å². The molecule has 0 aliphatic carbocycles. The summed E-state index contributed by atoms with van der Waals surface area (Å²) in [6, 6.07) is 10.5. The van der Waals surface area contributed by atoms with Crippen molar-refractivity contribution >= 4 is 23.3 Å². The molecule has 3 rings (SSSR count). The molecule has 0 aliphatic heterocycles. The Morgan fingerprint density at radius 2 is 2.07 bits per heavy atom. The fraction of sp³-hybridized carbons (Fsp3) is 0.211. The van der Waals surface area contributed by atoms with E-state index in [-0.39, 0.29) is 30.5 Å². The van der Waals surface area contributed by atoms with E-state index >= 15 is 0 Å². The van der Waals surface area contributed by atoms with Crippen LogP contribution < -0.4 is 10.6 Å². The number of ether oxygens (including phenoxy) is 1. The number of aromatic nitrogens is 3. The lowest BCUT2D eigenvalue weighted by Crippen LogP contribution is -2.32. The molecule has 0 saturated carbocycles. The number of nitro groups is 1. The number of aryl methyl sites for hydroxylation is 1. The van der Waals surface area contributed by atoms with E-state index < -0.39 is 16.7 Å². The van der Waals surface area contributed by atoms with Crippen LogP contribution in [-0.4, -0.2) is 32.4 Å². The number of nitrogens with zero attached hydrogens (tertiary/aromatic N) is 5. The van der Waals surface area contributed by atoms with Gasteiger partial charge in [-0.1, -0.05) is 30.3 Å². The minimum absolute atomic E-state index is 0.0204. The second-order valence-electron chi connectivity index (χ2n) is 6.22. The van der Waals surface area contributed by atoms with Gasteiger partial charge in [-0.05, 0) is 25.0 Å². The quantitative estimate of drug-likeness (QED) is 0.500. The van der Waals surface area contributed by atoms with E-state index in [1.807, 2.05) is 25.1 Å². The lowest BCUT2D eigenvalue weighted by molar-refractivity contribution is -0.383. The summed E-state index contributed by atoms with van der Waals surface area (Å²) in [5.74, 6) is -0.0726. The second-order valence-corrected chi connectivity index (χ2v) is 6.22. The number of nitrogen functional groups attached to an aromatic ring is 1. The molecule has 0 fully saturated rings. The number of carbonyl (C=O) groups excluding carboxylic acids is 1. The van der Waals surface area contributed by atoms with E-state index in [9.17, 15) is 14.9 Å². The van der Waals surface area contributed by atoms with Crippen LogP contribution in [0.25, 0.3) is 5.82 Å². The normalized spacial score (nSPS) is 10.6. The molecule has 0 unspecified atom stereocenters. The summed E-state index contributed by atoms with van der Waals surface area (Å²) in [4.78, 5) is 29.0. The van der Waals surface area contributed by atoms with Crippen molar-refractivity contribution in [3.63, 3.8) is 0 Å². The van der Waals surface area contributed by atoms with Crippen LogP contribution in [0.15, 0.2) is 48.8 Å². The molecule has 1 aromatic carbocycles. The minimum Gasteiger partial charge on any atom is -0.449 e. The first-order valence-corrected chi connectivity index (χ1v) is 8.85. The van der Waals surface area contributed by atoms with Crippen LogP contribution in [0.3, 0.4) is 0 Å². The van der Waals surface area contributed by atoms with E-state index in [0.717, 1.165) is 11.1 Å². The molecule has 0 atom stereocenters. The average molecular weight is 396 g/mol. The fourth-order valence-electron chi connectivity index (χ4n) is 2.79. The molecule has 0 saturated heterocycles. The van der Waals surface area contributed by atoms with Crippen LogP contribution >= 0.6 is 0 Å². The van der Waals surface area contributed by atoms with E-state index in [2.05, 4.69) is 10.1 Å². The zero-order valence-electron chi connectivity index (χ0n) is 16.0. The first-order valence-electron chi connectivity index (χ1n) is 8.85. The van der Waals surface area contributed by atoms with Crippen molar-refractivity contribution in [1.82, 2.24) is 14.8 Å². The molecule has 2 aromatic heterocycles. The predicted molar refractivity (Wildman–Crippen MR) is 107 cm³/mol. The van der Waals surface area contributed by atoms with Gasteiger partial charge in [0.25, 0.3) is 0 Å². The number of hydrogen-bond acceptors (Lipinski definition) is 7. The van der Waals surface area contributed by atoms with Crippen molar-refractivity contribution in [2.45, 2.75) is 20.4 Å². The smallest absolute Gasteiger partial charge is 0.414 e. The summed E-state index contributed by atoms with van der Waals surface area (Å²) < 4.78 is 6.57. The van der Waals surface area contributed by atoms with Gasteiger partial charge in [0.15, 0.2) is 5.82 Å². The molecule has 0 bridgehead atoms. The molecular weight excluding hydrogens is 376 g/mol. The fourth-order valence-corrected chi connectivity index (χ4v) is 2.79. The topological polar surface area (TPSA) is 129 Å². The Kier molecular flexibility index (Phi) is 5.72. The summed E-state index contributed by atoms with van der Waals surface area (Å²) in [5.41, 5.74) is 7.05. The number of hydrogen-bond donors (Lipinski definition) is 1. The van der Waals surface area contributed by atoms with Crippen molar-refractivity contribution in [2.24, 2.45) is 0 Å². The number of anilines is 2. The number of nitrogens with two attached hydrogens (primary N) is 1. The predicted octanol–water partition coefficient (Wildman–Crippen LogP) is 3.23. The third-order valence-corrected chi connectivity index (χ3v) is 4.08. The molecule has 0 aliphatic rings. The highest BCUT2D eigenvalue weighted by Crippen LogP contribution is 2.35. The van der Waals surface area contributed by atoms with Gasteiger partial charge in [0.05, 0.1) is 24.3 Å². The minimum atomic E-state index is -0.729. The highest BCUT2D eigenvalue weighted by Gasteiger charge is 2.30. The van der Waals surface area contributed by atoms with Gasteiger partial charge < -0.3 is 10.5 Å².